The van der Waals surface area contributed by atoms with Gasteiger partial charge in [-0.05, 0) is 55.2 Å². The molecule has 0 saturated carbocycles. The molecule has 2 aromatic carbocycles. The molecular weight excluding hydrogens is 340 g/mol. The predicted molar refractivity (Wildman–Crippen MR) is 104 cm³/mol. The Labute approximate surface area is 160 Å². The summed E-state index contributed by atoms with van der Waals surface area (Å²) in [6, 6.07) is 13.3. The maximum absolute atomic E-state index is 12.8. The van der Waals surface area contributed by atoms with Gasteiger partial charge in [-0.1, -0.05) is 30.3 Å². The summed E-state index contributed by atoms with van der Waals surface area (Å²) in [4.78, 5) is 28.9. The number of aryl methyl sites for hydroxylation is 2. The van der Waals surface area contributed by atoms with Gasteiger partial charge in [0.05, 0.1) is 7.11 Å². The number of nitrogens with zero attached hydrogens (tertiary/aromatic N) is 2. The minimum Gasteiger partial charge on any atom is -0.497 e. The summed E-state index contributed by atoms with van der Waals surface area (Å²) in [5.41, 5.74) is 4.44. The molecule has 1 heterocycles. The summed E-state index contributed by atoms with van der Waals surface area (Å²) in [6.45, 7) is 6.93. The van der Waals surface area contributed by atoms with Crippen molar-refractivity contribution in [1.29, 1.82) is 0 Å². The van der Waals surface area contributed by atoms with Gasteiger partial charge < -0.3 is 14.5 Å². The molecule has 0 spiro atoms. The fourth-order valence-electron chi connectivity index (χ4n) is 3.35. The van der Waals surface area contributed by atoms with Crippen LogP contribution < -0.4 is 4.74 Å². The third-order valence-electron chi connectivity index (χ3n) is 5.24. The van der Waals surface area contributed by atoms with Crippen molar-refractivity contribution in [2.24, 2.45) is 0 Å². The van der Waals surface area contributed by atoms with Crippen LogP contribution in [0.25, 0.3) is 0 Å². The van der Waals surface area contributed by atoms with E-state index in [1.54, 1.807) is 16.9 Å². The van der Waals surface area contributed by atoms with Gasteiger partial charge in [-0.2, -0.15) is 0 Å². The largest absolute Gasteiger partial charge is 0.497 e. The second-order valence-corrected chi connectivity index (χ2v) is 7.16. The zero-order valence-electron chi connectivity index (χ0n) is 16.4. The lowest BCUT2D eigenvalue weighted by Gasteiger charge is -2.39. The first kappa shape index (κ1) is 19.0. The first-order valence-corrected chi connectivity index (χ1v) is 9.16. The molecule has 0 unspecified atom stereocenters. The van der Waals surface area contributed by atoms with Crippen LogP contribution >= 0.6 is 0 Å². The van der Waals surface area contributed by atoms with Crippen LogP contribution in [0.3, 0.4) is 0 Å². The van der Waals surface area contributed by atoms with E-state index in [0.29, 0.717) is 13.1 Å². The zero-order valence-corrected chi connectivity index (χ0v) is 16.4. The molecule has 2 amide bonds. The fraction of sp³-hybridized carbons (Fsp3) is 0.364. The van der Waals surface area contributed by atoms with Gasteiger partial charge >= 0.3 is 0 Å². The highest BCUT2D eigenvalue weighted by atomic mass is 16.5. The molecule has 0 radical (unpaired) electrons. The lowest BCUT2D eigenvalue weighted by molar-refractivity contribution is -0.156. The first-order chi connectivity index (χ1) is 12.9. The molecule has 1 fully saturated rings. The summed E-state index contributed by atoms with van der Waals surface area (Å²) in [6.07, 6.45) is 0. The summed E-state index contributed by atoms with van der Waals surface area (Å²) in [5, 5.41) is 0. The molecule has 5 heteroatoms. The van der Waals surface area contributed by atoms with E-state index in [-0.39, 0.29) is 18.4 Å². The van der Waals surface area contributed by atoms with Crippen LogP contribution in [0.5, 0.6) is 5.75 Å². The van der Waals surface area contributed by atoms with E-state index in [0.717, 1.165) is 16.9 Å². The zero-order chi connectivity index (χ0) is 19.6. The molecule has 2 aromatic rings. The van der Waals surface area contributed by atoms with E-state index < -0.39 is 6.04 Å². The lowest BCUT2D eigenvalue weighted by atomic mass is 10.0. The van der Waals surface area contributed by atoms with E-state index in [2.05, 4.69) is 26.0 Å². The van der Waals surface area contributed by atoms with Gasteiger partial charge in [0.1, 0.15) is 18.3 Å². The number of amides is 2. The van der Waals surface area contributed by atoms with Crippen LogP contribution in [0.4, 0.5) is 0 Å². The third-order valence-corrected chi connectivity index (χ3v) is 5.24. The number of benzene rings is 2. The van der Waals surface area contributed by atoms with E-state index in [4.69, 9.17) is 4.74 Å². The van der Waals surface area contributed by atoms with Crippen LogP contribution in [0.15, 0.2) is 42.5 Å². The average Bonchev–Trinajstić information content (AvgIpc) is 2.66. The molecule has 27 heavy (non-hydrogen) atoms. The van der Waals surface area contributed by atoms with Crippen LogP contribution in [0.1, 0.15) is 29.2 Å². The van der Waals surface area contributed by atoms with Gasteiger partial charge in [-0.3, -0.25) is 9.59 Å². The molecule has 0 bridgehead atoms. The fourth-order valence-corrected chi connectivity index (χ4v) is 3.35. The quantitative estimate of drug-likeness (QED) is 0.817. The number of methoxy groups -OCH3 is 1. The predicted octanol–water partition coefficient (Wildman–Crippen LogP) is 3.07. The van der Waals surface area contributed by atoms with Crippen molar-refractivity contribution in [1.82, 2.24) is 9.80 Å². The van der Waals surface area contributed by atoms with Crippen LogP contribution in [-0.2, 0) is 22.7 Å². The van der Waals surface area contributed by atoms with Crippen molar-refractivity contribution >= 4 is 11.8 Å². The van der Waals surface area contributed by atoms with Crippen molar-refractivity contribution in [2.75, 3.05) is 13.7 Å². The molecule has 1 saturated heterocycles. The highest BCUT2D eigenvalue weighted by Crippen LogP contribution is 2.20. The third kappa shape index (κ3) is 4.13. The van der Waals surface area contributed by atoms with Crippen LogP contribution in [0.2, 0.25) is 0 Å². The number of hydrogen-bond acceptors (Lipinski definition) is 3. The van der Waals surface area contributed by atoms with Crippen LogP contribution in [-0.4, -0.2) is 41.3 Å². The second-order valence-electron chi connectivity index (χ2n) is 7.16. The Balaban J connectivity index is 1.70. The van der Waals surface area contributed by atoms with Gasteiger partial charge in [0, 0.05) is 13.1 Å². The molecule has 1 aliphatic rings. The van der Waals surface area contributed by atoms with Crippen molar-refractivity contribution in [3.63, 3.8) is 0 Å². The Bertz CT molecular complexity index is 845. The van der Waals surface area contributed by atoms with Crippen molar-refractivity contribution < 1.29 is 14.3 Å². The van der Waals surface area contributed by atoms with Crippen molar-refractivity contribution in [3.05, 3.63) is 64.7 Å². The number of carbonyl (C=O) groups excluding carboxylic acids is 2. The van der Waals surface area contributed by atoms with Gasteiger partial charge in [-0.25, -0.2) is 0 Å². The Morgan fingerprint density at radius 3 is 2.26 bits per heavy atom. The Hall–Kier alpha value is -2.82. The molecule has 3 rings (SSSR count). The monoisotopic (exact) mass is 366 g/mol. The Kier molecular flexibility index (Phi) is 5.49. The normalized spacial score (nSPS) is 17.4. The van der Waals surface area contributed by atoms with Gasteiger partial charge in [-0.15, -0.1) is 0 Å². The molecule has 5 nitrogen and oxygen atoms in total. The topological polar surface area (TPSA) is 49.9 Å². The minimum atomic E-state index is -0.467. The molecule has 142 valence electrons. The molecule has 1 aliphatic heterocycles. The number of ether oxygens (including phenoxy) is 1. The van der Waals surface area contributed by atoms with Gasteiger partial charge in [0.15, 0.2) is 0 Å². The maximum Gasteiger partial charge on any atom is 0.245 e. The number of rotatable bonds is 5. The number of piperazine rings is 1. The minimum absolute atomic E-state index is 0.0192. The highest BCUT2D eigenvalue weighted by molar-refractivity contribution is 5.94. The van der Waals surface area contributed by atoms with E-state index in [1.165, 1.54) is 11.1 Å². The smallest absolute Gasteiger partial charge is 0.245 e. The number of hydrogen-bond donors (Lipinski definition) is 0. The van der Waals surface area contributed by atoms with Crippen molar-refractivity contribution in [3.8, 4) is 5.75 Å². The van der Waals surface area contributed by atoms with Crippen LogP contribution in [0, 0.1) is 13.8 Å². The molecule has 1 atom stereocenters. The standard InChI is InChI=1S/C22H26N2O3/c1-15-5-6-19(11-16(15)2)13-24-17(3)22(26)23(14-21(24)25)12-18-7-9-20(27-4)10-8-18/h5-11,17H,12-14H2,1-4H3/t17-/m0/s1. The van der Waals surface area contributed by atoms with Gasteiger partial charge in [0.2, 0.25) is 11.8 Å². The maximum atomic E-state index is 12.8. The molecule has 0 N–H and O–H groups in total. The Morgan fingerprint density at radius 2 is 1.63 bits per heavy atom. The second kappa shape index (κ2) is 7.82. The molecular formula is C22H26N2O3. The first-order valence-electron chi connectivity index (χ1n) is 9.16. The summed E-state index contributed by atoms with van der Waals surface area (Å²) < 4.78 is 5.16. The van der Waals surface area contributed by atoms with E-state index in [9.17, 15) is 9.59 Å². The van der Waals surface area contributed by atoms with Crippen molar-refractivity contribution in [2.45, 2.75) is 39.9 Å². The van der Waals surface area contributed by atoms with E-state index >= 15 is 0 Å². The molecule has 0 aromatic heterocycles. The van der Waals surface area contributed by atoms with E-state index in [1.807, 2.05) is 37.3 Å². The summed E-state index contributed by atoms with van der Waals surface area (Å²) in [5.74, 6) is 0.732. The lowest BCUT2D eigenvalue weighted by Crippen LogP contribution is -2.57. The highest BCUT2D eigenvalue weighted by Gasteiger charge is 2.36. The molecule has 0 aliphatic carbocycles. The summed E-state index contributed by atoms with van der Waals surface area (Å²) >= 11 is 0. The number of carbonyl (C=O) groups is 2. The van der Waals surface area contributed by atoms with Gasteiger partial charge in [0.25, 0.3) is 0 Å². The summed E-state index contributed by atoms with van der Waals surface area (Å²) in [7, 11) is 1.62. The SMILES string of the molecule is COc1ccc(CN2CC(=O)N(Cc3ccc(C)c(C)c3)[C@@H](C)C2=O)cc1. The average molecular weight is 366 g/mol. The Morgan fingerprint density at radius 1 is 0.963 bits per heavy atom.